The van der Waals surface area contributed by atoms with Crippen molar-refractivity contribution in [1.29, 1.82) is 0 Å². The van der Waals surface area contributed by atoms with Gasteiger partial charge < -0.3 is 0 Å². The minimum Gasteiger partial charge on any atom is -0.264 e. The van der Waals surface area contributed by atoms with Gasteiger partial charge in [-0.2, -0.15) is 0 Å². The average Bonchev–Trinajstić information content (AvgIpc) is 2.99. The summed E-state index contributed by atoms with van der Waals surface area (Å²) in [5, 5.41) is 0. The van der Waals surface area contributed by atoms with E-state index < -0.39 is 0 Å². The zero-order chi connectivity index (χ0) is 24.9. The van der Waals surface area contributed by atoms with Crippen LogP contribution in [0.1, 0.15) is 11.1 Å². The molecular weight excluding hydrogens is 452 g/mol. The van der Waals surface area contributed by atoms with Gasteiger partial charge in [-0.1, -0.05) is 48.5 Å². The predicted octanol–water partition coefficient (Wildman–Crippen LogP) is 7.53. The Morgan fingerprint density at radius 1 is 0.351 bits per heavy atom. The topological polar surface area (TPSA) is 51.6 Å². The van der Waals surface area contributed by atoms with E-state index in [1.807, 2.05) is 49.1 Å². The average molecular weight is 477 g/mol. The summed E-state index contributed by atoms with van der Waals surface area (Å²) in [6, 6.07) is 29.8. The molecule has 4 heteroatoms. The third-order valence-electron chi connectivity index (χ3n) is 6.37. The molecule has 6 rings (SSSR count). The van der Waals surface area contributed by atoms with E-state index in [0.717, 1.165) is 50.9 Å². The number of nitrogens with zero attached hydrogens (tertiary/aromatic N) is 4. The van der Waals surface area contributed by atoms with Gasteiger partial charge in [0.2, 0.25) is 0 Å². The normalized spacial score (nSPS) is 10.8. The Bertz CT molecular complexity index is 1380. The Morgan fingerprint density at radius 3 is 0.892 bits per heavy atom. The number of aromatic nitrogens is 4. The van der Waals surface area contributed by atoms with Gasteiger partial charge in [-0.25, -0.2) is 0 Å². The molecule has 176 valence electrons. The number of rotatable bonds is 6. The first-order chi connectivity index (χ1) is 18.3. The van der Waals surface area contributed by atoms with Crippen LogP contribution in [0.2, 0.25) is 0 Å². The summed E-state index contributed by atoms with van der Waals surface area (Å²) in [6.07, 6.45) is 15.6. The predicted molar refractivity (Wildman–Crippen MR) is 149 cm³/mol. The van der Waals surface area contributed by atoms with Crippen molar-refractivity contribution >= 4 is 0 Å². The minimum absolute atomic E-state index is 0.780. The van der Waals surface area contributed by atoms with Crippen LogP contribution in [0.3, 0.4) is 0 Å². The van der Waals surface area contributed by atoms with Crippen LogP contribution in [0.4, 0.5) is 0 Å². The fourth-order valence-corrected chi connectivity index (χ4v) is 4.62. The third-order valence-corrected chi connectivity index (χ3v) is 6.37. The second-order valence-corrected chi connectivity index (χ2v) is 8.98. The molecule has 4 heterocycles. The first-order valence-corrected chi connectivity index (χ1v) is 12.2. The quantitative estimate of drug-likeness (QED) is 0.249. The van der Waals surface area contributed by atoms with Gasteiger partial charge in [0.1, 0.15) is 0 Å². The van der Waals surface area contributed by atoms with E-state index in [9.17, 15) is 0 Å². The molecule has 0 aliphatic carbocycles. The molecule has 0 saturated carbocycles. The van der Waals surface area contributed by atoms with Crippen LogP contribution in [0, 0.1) is 0 Å². The van der Waals surface area contributed by atoms with E-state index in [2.05, 4.69) is 80.6 Å². The molecule has 2 aromatic carbocycles. The Balaban J connectivity index is 1.46. The van der Waals surface area contributed by atoms with Crippen LogP contribution in [-0.2, 0) is 6.42 Å². The molecule has 0 fully saturated rings. The van der Waals surface area contributed by atoms with Gasteiger partial charge in [0, 0.05) is 71.8 Å². The fourth-order valence-electron chi connectivity index (χ4n) is 4.62. The second kappa shape index (κ2) is 10.3. The van der Waals surface area contributed by atoms with Crippen molar-refractivity contribution in [3.8, 4) is 44.5 Å². The molecule has 0 radical (unpaired) electrons. The zero-order valence-electron chi connectivity index (χ0n) is 20.2. The van der Waals surface area contributed by atoms with Crippen molar-refractivity contribution in [3.63, 3.8) is 0 Å². The number of hydrogen-bond acceptors (Lipinski definition) is 4. The van der Waals surface area contributed by atoms with Gasteiger partial charge in [0.05, 0.1) is 0 Å². The summed E-state index contributed by atoms with van der Waals surface area (Å²) in [5.74, 6) is 0. The Kier molecular flexibility index (Phi) is 6.29. The highest BCUT2D eigenvalue weighted by Crippen LogP contribution is 2.32. The summed E-state index contributed by atoms with van der Waals surface area (Å²) in [6.45, 7) is 0. The summed E-state index contributed by atoms with van der Waals surface area (Å²) in [5.41, 5.74) is 11.4. The molecule has 37 heavy (non-hydrogen) atoms. The fraction of sp³-hybridized carbons (Fsp3) is 0.0303. The van der Waals surface area contributed by atoms with Crippen LogP contribution in [-0.4, -0.2) is 19.9 Å². The van der Waals surface area contributed by atoms with E-state index in [1.54, 1.807) is 24.8 Å². The lowest BCUT2D eigenvalue weighted by Gasteiger charge is -2.13. The highest BCUT2D eigenvalue weighted by molar-refractivity contribution is 5.75. The van der Waals surface area contributed by atoms with Crippen molar-refractivity contribution in [1.82, 2.24) is 19.9 Å². The SMILES string of the molecule is c1cncc(-c2cc(Cc3cc(-c4cccnc4)cc(-c4cccnc4)c3)cc(-c3cccnc3)c2)c1. The van der Waals surface area contributed by atoms with E-state index in [4.69, 9.17) is 0 Å². The molecule has 0 aliphatic rings. The summed E-state index contributed by atoms with van der Waals surface area (Å²) in [4.78, 5) is 17.4. The molecule has 4 aromatic heterocycles. The lowest BCUT2D eigenvalue weighted by Crippen LogP contribution is -1.94. The molecule has 6 aromatic rings. The van der Waals surface area contributed by atoms with E-state index in [0.29, 0.717) is 0 Å². The molecule has 0 unspecified atom stereocenters. The summed E-state index contributed by atoms with van der Waals surface area (Å²) in [7, 11) is 0. The molecular formula is C33H24N4. The standard InChI is InChI=1S/C33H24N4/c1-5-26(20-34-9-1)30-14-24(15-31(18-30)27-6-2-10-35-21-27)13-25-16-32(28-7-3-11-36-22-28)19-33(17-25)29-8-4-12-37-23-29/h1-12,14-23H,13H2. The molecule has 0 spiro atoms. The van der Waals surface area contributed by atoms with Crippen LogP contribution < -0.4 is 0 Å². The Morgan fingerprint density at radius 2 is 0.649 bits per heavy atom. The maximum absolute atomic E-state index is 4.34. The largest absolute Gasteiger partial charge is 0.264 e. The second-order valence-electron chi connectivity index (χ2n) is 8.98. The zero-order valence-corrected chi connectivity index (χ0v) is 20.2. The van der Waals surface area contributed by atoms with Crippen molar-refractivity contribution in [2.75, 3.05) is 0 Å². The van der Waals surface area contributed by atoms with E-state index >= 15 is 0 Å². The molecule has 0 bridgehead atoms. The van der Waals surface area contributed by atoms with E-state index in [1.165, 1.54) is 11.1 Å². The molecule has 0 atom stereocenters. The van der Waals surface area contributed by atoms with Crippen LogP contribution in [0.5, 0.6) is 0 Å². The smallest absolute Gasteiger partial charge is 0.0346 e. The van der Waals surface area contributed by atoms with Crippen LogP contribution in [0.25, 0.3) is 44.5 Å². The number of hydrogen-bond donors (Lipinski definition) is 0. The third kappa shape index (κ3) is 5.19. The maximum Gasteiger partial charge on any atom is 0.0346 e. The van der Waals surface area contributed by atoms with Gasteiger partial charge in [0.25, 0.3) is 0 Å². The molecule has 4 nitrogen and oxygen atoms in total. The van der Waals surface area contributed by atoms with Crippen molar-refractivity contribution in [3.05, 3.63) is 146 Å². The van der Waals surface area contributed by atoms with Crippen molar-refractivity contribution in [2.45, 2.75) is 6.42 Å². The van der Waals surface area contributed by atoms with Gasteiger partial charge >= 0.3 is 0 Å². The van der Waals surface area contributed by atoms with Gasteiger partial charge in [-0.05, 0) is 76.2 Å². The van der Waals surface area contributed by atoms with E-state index in [-0.39, 0.29) is 0 Å². The van der Waals surface area contributed by atoms with Crippen molar-refractivity contribution < 1.29 is 0 Å². The number of benzene rings is 2. The lowest BCUT2D eigenvalue weighted by atomic mass is 9.92. The highest BCUT2D eigenvalue weighted by atomic mass is 14.6. The maximum atomic E-state index is 4.34. The first-order valence-electron chi connectivity index (χ1n) is 12.2. The number of pyridine rings is 4. The van der Waals surface area contributed by atoms with Crippen molar-refractivity contribution in [2.24, 2.45) is 0 Å². The first kappa shape index (κ1) is 22.5. The molecule has 0 amide bonds. The molecule has 0 N–H and O–H groups in total. The summed E-state index contributed by atoms with van der Waals surface area (Å²) < 4.78 is 0. The Hall–Kier alpha value is -4.96. The van der Waals surface area contributed by atoms with Gasteiger partial charge in [0.15, 0.2) is 0 Å². The highest BCUT2D eigenvalue weighted by Gasteiger charge is 2.10. The minimum atomic E-state index is 0.780. The Labute approximate surface area is 216 Å². The summed E-state index contributed by atoms with van der Waals surface area (Å²) >= 11 is 0. The van der Waals surface area contributed by atoms with Crippen LogP contribution >= 0.6 is 0 Å². The van der Waals surface area contributed by atoms with Gasteiger partial charge in [-0.15, -0.1) is 0 Å². The lowest BCUT2D eigenvalue weighted by molar-refractivity contribution is 1.19. The van der Waals surface area contributed by atoms with Crippen LogP contribution in [0.15, 0.2) is 135 Å². The van der Waals surface area contributed by atoms with Gasteiger partial charge in [-0.3, -0.25) is 19.9 Å². The monoisotopic (exact) mass is 476 g/mol. The molecule has 0 saturated heterocycles. The molecule has 0 aliphatic heterocycles.